The summed E-state index contributed by atoms with van der Waals surface area (Å²) in [4.78, 5) is 4.43. The molecule has 0 amide bonds. The lowest BCUT2D eigenvalue weighted by molar-refractivity contribution is 0.600. The number of sulfonamides is 1. The zero-order valence-electron chi connectivity index (χ0n) is 13.5. The van der Waals surface area contributed by atoms with E-state index < -0.39 is 10.0 Å². The zero-order chi connectivity index (χ0) is 16.7. The number of nitrogens with one attached hydrogen (secondary N) is 2. The van der Waals surface area contributed by atoms with Crippen LogP contribution in [0.25, 0.3) is 0 Å². The van der Waals surface area contributed by atoms with Crippen molar-refractivity contribution in [1.82, 2.24) is 4.98 Å². The first-order valence-corrected chi connectivity index (χ1v) is 9.29. The Hall–Kier alpha value is -2.08. The number of hydrogen-bond acceptors (Lipinski definition) is 4. The van der Waals surface area contributed by atoms with E-state index in [1.165, 1.54) is 12.8 Å². The van der Waals surface area contributed by atoms with Gasteiger partial charge in [-0.3, -0.25) is 4.72 Å². The van der Waals surface area contributed by atoms with Crippen molar-refractivity contribution in [3.05, 3.63) is 48.2 Å². The van der Waals surface area contributed by atoms with Crippen molar-refractivity contribution < 1.29 is 8.42 Å². The molecule has 0 saturated heterocycles. The monoisotopic (exact) mass is 333 g/mol. The summed E-state index contributed by atoms with van der Waals surface area (Å²) in [5.41, 5.74) is 1.59. The van der Waals surface area contributed by atoms with E-state index in [1.54, 1.807) is 37.4 Å². The second-order valence-corrected chi connectivity index (χ2v) is 7.09. The van der Waals surface area contributed by atoms with E-state index in [1.807, 2.05) is 12.1 Å². The molecule has 5 nitrogen and oxygen atoms in total. The van der Waals surface area contributed by atoms with Crippen LogP contribution >= 0.6 is 0 Å². The highest BCUT2D eigenvalue weighted by Crippen LogP contribution is 2.18. The summed E-state index contributed by atoms with van der Waals surface area (Å²) in [6.07, 6.45) is 5.12. The molecule has 0 radical (unpaired) electrons. The molecule has 0 aliphatic carbocycles. The largest absolute Gasteiger partial charge is 0.384 e. The van der Waals surface area contributed by atoms with Gasteiger partial charge in [0.15, 0.2) is 0 Å². The number of benzene rings is 1. The molecule has 2 N–H and O–H groups in total. The highest BCUT2D eigenvalue weighted by atomic mass is 32.2. The molecule has 0 atom stereocenters. The maximum absolute atomic E-state index is 12.4. The van der Waals surface area contributed by atoms with Gasteiger partial charge in [-0.1, -0.05) is 38.0 Å². The number of rotatable bonds is 8. The van der Waals surface area contributed by atoms with Crippen LogP contribution in [0, 0.1) is 6.92 Å². The number of anilines is 2. The van der Waals surface area contributed by atoms with Crippen LogP contribution in [0.5, 0.6) is 0 Å². The number of unbranched alkanes of at least 4 members (excludes halogenated alkanes) is 2. The van der Waals surface area contributed by atoms with Gasteiger partial charge in [0.25, 0.3) is 10.0 Å². The summed E-state index contributed by atoms with van der Waals surface area (Å²) < 4.78 is 27.3. The Labute approximate surface area is 138 Å². The number of nitrogens with zero attached hydrogens (tertiary/aromatic N) is 1. The standard InChI is InChI=1S/C17H23N3O2S/c1-3-4-7-12-18-15-10-11-17(19-13-15)20-23(21,22)16-9-6-5-8-14(16)2/h5-6,8-11,13,18H,3-4,7,12H2,1-2H3,(H,19,20). The average Bonchev–Trinajstić information content (AvgIpc) is 2.53. The molecule has 0 unspecified atom stereocenters. The van der Waals surface area contributed by atoms with Crippen LogP contribution in [-0.2, 0) is 10.0 Å². The van der Waals surface area contributed by atoms with Crippen LogP contribution in [0.15, 0.2) is 47.5 Å². The lowest BCUT2D eigenvalue weighted by Gasteiger charge is -2.10. The molecule has 0 aliphatic rings. The zero-order valence-corrected chi connectivity index (χ0v) is 14.4. The molecule has 0 aliphatic heterocycles. The molecular weight excluding hydrogens is 310 g/mol. The normalized spacial score (nSPS) is 11.2. The molecule has 0 saturated carbocycles. The third-order valence-corrected chi connectivity index (χ3v) is 5.01. The summed E-state index contributed by atoms with van der Waals surface area (Å²) in [5, 5.41) is 3.27. The van der Waals surface area contributed by atoms with Crippen LogP contribution in [0.4, 0.5) is 11.5 Å². The van der Waals surface area contributed by atoms with Gasteiger partial charge in [-0.05, 0) is 37.1 Å². The molecule has 23 heavy (non-hydrogen) atoms. The predicted octanol–water partition coefficient (Wildman–Crippen LogP) is 3.79. The molecule has 0 spiro atoms. The number of aromatic nitrogens is 1. The van der Waals surface area contributed by atoms with E-state index in [0.717, 1.165) is 18.7 Å². The summed E-state index contributed by atoms with van der Waals surface area (Å²) in [7, 11) is -3.61. The van der Waals surface area contributed by atoms with E-state index >= 15 is 0 Å². The van der Waals surface area contributed by atoms with Gasteiger partial charge in [-0.2, -0.15) is 0 Å². The van der Waals surface area contributed by atoms with E-state index in [4.69, 9.17) is 0 Å². The Bertz CT molecular complexity index is 728. The van der Waals surface area contributed by atoms with Gasteiger partial charge in [-0.25, -0.2) is 13.4 Å². The van der Waals surface area contributed by atoms with E-state index in [9.17, 15) is 8.42 Å². The minimum absolute atomic E-state index is 0.267. The first-order chi connectivity index (χ1) is 11.0. The molecule has 2 aromatic rings. The Morgan fingerprint density at radius 1 is 1.09 bits per heavy atom. The molecule has 1 aromatic carbocycles. The summed E-state index contributed by atoms with van der Waals surface area (Å²) in [5.74, 6) is 0.312. The molecule has 1 aromatic heterocycles. The Morgan fingerprint density at radius 3 is 2.52 bits per heavy atom. The van der Waals surface area contributed by atoms with Crippen LogP contribution < -0.4 is 10.0 Å². The van der Waals surface area contributed by atoms with Crippen molar-refractivity contribution in [3.8, 4) is 0 Å². The fourth-order valence-corrected chi connectivity index (χ4v) is 3.47. The molecule has 1 heterocycles. The SMILES string of the molecule is CCCCCNc1ccc(NS(=O)(=O)c2ccccc2C)nc1. The van der Waals surface area contributed by atoms with Gasteiger partial charge in [0.05, 0.1) is 16.8 Å². The number of pyridine rings is 1. The highest BCUT2D eigenvalue weighted by Gasteiger charge is 2.16. The minimum atomic E-state index is -3.61. The Kier molecular flexibility index (Phi) is 5.98. The van der Waals surface area contributed by atoms with Gasteiger partial charge in [0, 0.05) is 6.54 Å². The Morgan fingerprint density at radius 2 is 1.87 bits per heavy atom. The maximum Gasteiger partial charge on any atom is 0.263 e. The first kappa shape index (κ1) is 17.3. The quantitative estimate of drug-likeness (QED) is 0.721. The lowest BCUT2D eigenvalue weighted by atomic mass is 10.2. The topological polar surface area (TPSA) is 71.1 Å². The van der Waals surface area contributed by atoms with Gasteiger partial charge in [0.1, 0.15) is 5.82 Å². The third-order valence-electron chi connectivity index (χ3n) is 3.49. The fraction of sp³-hybridized carbons (Fsp3) is 0.353. The van der Waals surface area contributed by atoms with Crippen molar-refractivity contribution in [1.29, 1.82) is 0 Å². The maximum atomic E-state index is 12.4. The smallest absolute Gasteiger partial charge is 0.263 e. The third kappa shape index (κ3) is 4.96. The number of aryl methyl sites for hydroxylation is 1. The first-order valence-electron chi connectivity index (χ1n) is 7.81. The second-order valence-electron chi connectivity index (χ2n) is 5.44. The molecule has 124 valence electrons. The van der Waals surface area contributed by atoms with Gasteiger partial charge < -0.3 is 5.32 Å². The fourth-order valence-electron chi connectivity index (χ4n) is 2.22. The van der Waals surface area contributed by atoms with E-state index in [2.05, 4.69) is 21.9 Å². The van der Waals surface area contributed by atoms with Crippen molar-refractivity contribution in [2.45, 2.75) is 38.0 Å². The van der Waals surface area contributed by atoms with Crippen LogP contribution in [0.2, 0.25) is 0 Å². The van der Waals surface area contributed by atoms with Gasteiger partial charge >= 0.3 is 0 Å². The summed E-state index contributed by atoms with van der Waals surface area (Å²) in [6, 6.07) is 10.4. The van der Waals surface area contributed by atoms with Crippen molar-refractivity contribution >= 4 is 21.5 Å². The van der Waals surface area contributed by atoms with Crippen LogP contribution in [0.3, 0.4) is 0 Å². The van der Waals surface area contributed by atoms with Crippen molar-refractivity contribution in [2.75, 3.05) is 16.6 Å². The van der Waals surface area contributed by atoms with Crippen LogP contribution in [-0.4, -0.2) is 19.9 Å². The lowest BCUT2D eigenvalue weighted by Crippen LogP contribution is -2.15. The predicted molar refractivity (Wildman–Crippen MR) is 94.2 cm³/mol. The minimum Gasteiger partial charge on any atom is -0.384 e. The van der Waals surface area contributed by atoms with E-state index in [-0.39, 0.29) is 4.90 Å². The summed E-state index contributed by atoms with van der Waals surface area (Å²) in [6.45, 7) is 4.83. The van der Waals surface area contributed by atoms with E-state index in [0.29, 0.717) is 11.4 Å². The van der Waals surface area contributed by atoms with Crippen molar-refractivity contribution in [3.63, 3.8) is 0 Å². The highest BCUT2D eigenvalue weighted by molar-refractivity contribution is 7.92. The number of hydrogen-bond donors (Lipinski definition) is 2. The molecule has 6 heteroatoms. The van der Waals surface area contributed by atoms with Crippen LogP contribution in [0.1, 0.15) is 31.7 Å². The second kappa shape index (κ2) is 7.97. The molecule has 2 rings (SSSR count). The molecule has 0 bridgehead atoms. The van der Waals surface area contributed by atoms with Crippen molar-refractivity contribution in [2.24, 2.45) is 0 Å². The Balaban J connectivity index is 2.02. The average molecular weight is 333 g/mol. The molecule has 0 fully saturated rings. The van der Waals surface area contributed by atoms with Gasteiger partial charge in [-0.15, -0.1) is 0 Å². The molecular formula is C17H23N3O2S. The summed E-state index contributed by atoms with van der Waals surface area (Å²) >= 11 is 0. The van der Waals surface area contributed by atoms with Gasteiger partial charge in [0.2, 0.25) is 0 Å².